The molecule has 0 heterocycles. The van der Waals surface area contributed by atoms with Crippen molar-refractivity contribution in [2.45, 2.75) is 27.2 Å². The normalized spacial score (nSPS) is 8.29. The summed E-state index contributed by atoms with van der Waals surface area (Å²) in [4.78, 5) is 10.4. The van der Waals surface area contributed by atoms with Gasteiger partial charge in [0.05, 0.1) is 19.8 Å². The minimum atomic E-state index is 0. The Bertz CT molecular complexity index is 108. The molecule has 0 rings (SSSR count). The van der Waals surface area contributed by atoms with Crippen LogP contribution in [0.25, 0.3) is 0 Å². The number of hydrogen-bond acceptors (Lipinski definition) is 3. The van der Waals surface area contributed by atoms with Crippen LogP contribution in [-0.4, -0.2) is 32.2 Å². The van der Waals surface area contributed by atoms with Crippen LogP contribution >= 0.6 is 0 Å². The molecule has 0 aliphatic rings. The minimum absolute atomic E-state index is 0. The van der Waals surface area contributed by atoms with E-state index in [0.717, 1.165) is 0 Å². The van der Waals surface area contributed by atoms with E-state index in [2.05, 4.69) is 6.92 Å². The molecule has 3 nitrogen and oxygen atoms in total. The molecular weight excluding hydrogens is 257 g/mol. The third kappa shape index (κ3) is 23.0. The maximum Gasteiger partial charge on any atom is 0.132 e. The Labute approximate surface area is 113 Å². The fraction of sp³-hybridized carbons (Fsp3) is 0.800. The Morgan fingerprint density at radius 1 is 1.14 bits per heavy atom. The van der Waals surface area contributed by atoms with Gasteiger partial charge in [0, 0.05) is 39.1 Å². The Morgan fingerprint density at radius 3 is 2.07 bits per heavy atom. The number of Topliss-reactive ketones (excluding diaryl/α,β-unsaturated/α-hetero) is 1. The first-order valence-corrected chi connectivity index (χ1v) is 4.71. The van der Waals surface area contributed by atoms with Gasteiger partial charge in [-0.15, -0.1) is 0 Å². The molecule has 83 valence electrons. The molecular formula is C10H21O3Y-. The molecule has 0 N–H and O–H groups in total. The quantitative estimate of drug-likeness (QED) is 0.526. The average Bonchev–Trinajstić information content (AvgIpc) is 2.14. The largest absolute Gasteiger partial charge is 0.411 e. The molecule has 0 aromatic heterocycles. The first-order chi connectivity index (χ1) is 6.27. The molecule has 14 heavy (non-hydrogen) atoms. The molecule has 0 aliphatic carbocycles. The van der Waals surface area contributed by atoms with Gasteiger partial charge < -0.3 is 16.4 Å². The minimum Gasteiger partial charge on any atom is -0.411 e. The Kier molecular flexibility index (Phi) is 27.8. The van der Waals surface area contributed by atoms with E-state index in [4.69, 9.17) is 9.47 Å². The molecule has 0 amide bonds. The monoisotopic (exact) mass is 278 g/mol. The summed E-state index contributed by atoms with van der Waals surface area (Å²) in [5.41, 5.74) is 0. The van der Waals surface area contributed by atoms with Crippen molar-refractivity contribution in [3.63, 3.8) is 0 Å². The van der Waals surface area contributed by atoms with Crippen LogP contribution in [-0.2, 0) is 47.0 Å². The molecule has 0 fully saturated rings. The molecule has 0 aromatic carbocycles. The van der Waals surface area contributed by atoms with Crippen molar-refractivity contribution in [2.75, 3.05) is 26.4 Å². The molecule has 0 saturated heterocycles. The van der Waals surface area contributed by atoms with E-state index in [1.807, 2.05) is 13.8 Å². The van der Waals surface area contributed by atoms with Gasteiger partial charge in [-0.05, 0) is 6.92 Å². The van der Waals surface area contributed by atoms with Crippen LogP contribution in [0.2, 0.25) is 0 Å². The number of carbonyl (C=O) groups excluding carboxylic acids is 1. The second-order valence-electron chi connectivity index (χ2n) is 2.18. The molecule has 1 radical (unpaired) electrons. The van der Waals surface area contributed by atoms with Crippen molar-refractivity contribution < 1.29 is 47.0 Å². The second-order valence-corrected chi connectivity index (χ2v) is 2.18. The maximum atomic E-state index is 10.4. The van der Waals surface area contributed by atoms with E-state index < -0.39 is 0 Å². The predicted octanol–water partition coefficient (Wildman–Crippen LogP) is 1.86. The summed E-state index contributed by atoms with van der Waals surface area (Å²) in [6.45, 7) is 11.1. The van der Waals surface area contributed by atoms with Crippen LogP contribution in [0.5, 0.6) is 0 Å². The third-order valence-corrected chi connectivity index (χ3v) is 1.11. The van der Waals surface area contributed by atoms with Crippen LogP contribution in [0.3, 0.4) is 0 Å². The van der Waals surface area contributed by atoms with Crippen LogP contribution in [0.15, 0.2) is 0 Å². The fourth-order valence-electron chi connectivity index (χ4n) is 0.538. The third-order valence-electron chi connectivity index (χ3n) is 1.11. The van der Waals surface area contributed by atoms with Gasteiger partial charge in [-0.1, -0.05) is 20.5 Å². The van der Waals surface area contributed by atoms with Crippen molar-refractivity contribution in [3.8, 4) is 0 Å². The number of rotatable bonds is 7. The van der Waals surface area contributed by atoms with Crippen LogP contribution in [0.4, 0.5) is 0 Å². The molecule has 0 aliphatic heterocycles. The van der Waals surface area contributed by atoms with Crippen LogP contribution < -0.4 is 0 Å². The summed E-state index contributed by atoms with van der Waals surface area (Å²) >= 11 is 0. The first-order valence-electron chi connectivity index (χ1n) is 4.71. The molecule has 0 saturated carbocycles. The molecule has 0 aromatic rings. The number of carbonyl (C=O) groups is 1. The Morgan fingerprint density at radius 2 is 1.64 bits per heavy atom. The molecule has 0 spiro atoms. The van der Waals surface area contributed by atoms with Gasteiger partial charge in [0.25, 0.3) is 0 Å². The van der Waals surface area contributed by atoms with E-state index in [1.54, 1.807) is 6.92 Å². The van der Waals surface area contributed by atoms with Crippen LogP contribution in [0.1, 0.15) is 27.2 Å². The fourth-order valence-corrected chi connectivity index (χ4v) is 0.538. The van der Waals surface area contributed by atoms with Gasteiger partial charge >= 0.3 is 0 Å². The summed E-state index contributed by atoms with van der Waals surface area (Å²) in [6.07, 6.45) is 0.490. The van der Waals surface area contributed by atoms with Crippen molar-refractivity contribution in [3.05, 3.63) is 6.92 Å². The summed E-state index contributed by atoms with van der Waals surface area (Å²) in [7, 11) is 0. The molecule has 0 bridgehead atoms. The second kappa shape index (κ2) is 19.3. The topological polar surface area (TPSA) is 35.5 Å². The van der Waals surface area contributed by atoms with Gasteiger partial charge in [-0.25, -0.2) is 0 Å². The van der Waals surface area contributed by atoms with Gasteiger partial charge in [0.1, 0.15) is 5.78 Å². The van der Waals surface area contributed by atoms with Gasteiger partial charge in [0.2, 0.25) is 0 Å². The number of ketones is 1. The van der Waals surface area contributed by atoms with Gasteiger partial charge in [0.15, 0.2) is 0 Å². The zero-order valence-electron chi connectivity index (χ0n) is 9.54. The van der Waals surface area contributed by atoms with Gasteiger partial charge in [-0.3, -0.25) is 4.79 Å². The summed E-state index contributed by atoms with van der Waals surface area (Å²) in [5.74, 6) is 0.156. The zero-order valence-corrected chi connectivity index (χ0v) is 12.4. The van der Waals surface area contributed by atoms with Crippen molar-refractivity contribution >= 4 is 5.78 Å². The number of ether oxygens (including phenoxy) is 2. The van der Waals surface area contributed by atoms with E-state index in [1.165, 1.54) is 0 Å². The van der Waals surface area contributed by atoms with E-state index in [-0.39, 0.29) is 38.5 Å². The molecule has 4 heteroatoms. The van der Waals surface area contributed by atoms with Crippen LogP contribution in [0, 0.1) is 6.92 Å². The van der Waals surface area contributed by atoms with Crippen molar-refractivity contribution in [2.24, 2.45) is 0 Å². The SMILES string of the molecule is CC.[CH2-]COCCOCCC(C)=O.[Y]. The van der Waals surface area contributed by atoms with Crippen molar-refractivity contribution in [1.29, 1.82) is 0 Å². The van der Waals surface area contributed by atoms with E-state index >= 15 is 0 Å². The summed E-state index contributed by atoms with van der Waals surface area (Å²) in [5, 5.41) is 0. The predicted molar refractivity (Wildman–Crippen MR) is 53.6 cm³/mol. The summed E-state index contributed by atoms with van der Waals surface area (Å²) < 4.78 is 9.99. The molecule has 0 unspecified atom stereocenters. The van der Waals surface area contributed by atoms with E-state index in [0.29, 0.717) is 32.8 Å². The standard InChI is InChI=1S/C8H15O3.C2H6.Y/c1-3-10-6-7-11-5-4-8(2)9;1-2;/h1,3-7H2,2H3;1-2H3;/q-1;;. The maximum absolute atomic E-state index is 10.4. The smallest absolute Gasteiger partial charge is 0.132 e. The van der Waals surface area contributed by atoms with E-state index in [9.17, 15) is 4.79 Å². The van der Waals surface area contributed by atoms with Gasteiger partial charge in [-0.2, -0.15) is 0 Å². The average molecular weight is 278 g/mol. The zero-order chi connectivity index (χ0) is 10.5. The van der Waals surface area contributed by atoms with Crippen molar-refractivity contribution in [1.82, 2.24) is 0 Å². The first kappa shape index (κ1) is 20.1. The Hall–Kier alpha value is 0.694. The molecule has 0 atom stereocenters. The number of hydrogen-bond donors (Lipinski definition) is 0. The Balaban J connectivity index is -0.000000376. The summed E-state index contributed by atoms with van der Waals surface area (Å²) in [6, 6.07) is 0.